The summed E-state index contributed by atoms with van der Waals surface area (Å²) in [5, 5.41) is 7.03. The lowest BCUT2D eigenvalue weighted by Gasteiger charge is -2.31. The van der Waals surface area contributed by atoms with Crippen molar-refractivity contribution in [3.05, 3.63) is 52.0 Å². The van der Waals surface area contributed by atoms with Crippen LogP contribution in [-0.4, -0.2) is 17.6 Å². The van der Waals surface area contributed by atoms with E-state index in [4.69, 9.17) is 0 Å². The van der Waals surface area contributed by atoms with E-state index in [9.17, 15) is 0 Å². The van der Waals surface area contributed by atoms with E-state index in [2.05, 4.69) is 46.9 Å². The van der Waals surface area contributed by atoms with Gasteiger partial charge in [0, 0.05) is 24.0 Å². The summed E-state index contributed by atoms with van der Waals surface area (Å²) in [5.74, 6) is 0.730. The molecule has 0 saturated carbocycles. The third kappa shape index (κ3) is 3.10. The molecule has 2 unspecified atom stereocenters. The number of aromatic nitrogens is 1. The van der Waals surface area contributed by atoms with E-state index in [1.54, 1.807) is 22.5 Å². The molecule has 2 nitrogen and oxygen atoms in total. The Morgan fingerprint density at radius 1 is 1.35 bits per heavy atom. The minimum Gasteiger partial charge on any atom is -0.314 e. The zero-order valence-corrected chi connectivity index (χ0v) is 12.8. The molecular weight excluding hydrogens is 264 g/mol. The Hall–Kier alpha value is -1.19. The summed E-state index contributed by atoms with van der Waals surface area (Å²) in [6.07, 6.45) is 6.71. The fourth-order valence-corrected chi connectivity index (χ4v) is 3.96. The fraction of sp³-hybridized carbons (Fsp3) is 0.471. The molecule has 2 atom stereocenters. The Labute approximate surface area is 125 Å². The number of likely N-dealkylation sites (N-methyl/N-ethyl adjacent to an activating group) is 1. The molecule has 1 aromatic heterocycles. The maximum absolute atomic E-state index is 4.46. The van der Waals surface area contributed by atoms with Crippen LogP contribution < -0.4 is 5.32 Å². The van der Waals surface area contributed by atoms with Gasteiger partial charge in [0.15, 0.2) is 0 Å². The van der Waals surface area contributed by atoms with Gasteiger partial charge in [0.2, 0.25) is 0 Å². The molecule has 3 heteroatoms. The highest BCUT2D eigenvalue weighted by Crippen LogP contribution is 2.29. The Kier molecular flexibility index (Phi) is 4.48. The molecule has 1 aliphatic rings. The molecule has 1 aliphatic carbocycles. The molecule has 0 radical (unpaired) electrons. The van der Waals surface area contributed by atoms with Gasteiger partial charge in [-0.1, -0.05) is 31.2 Å². The van der Waals surface area contributed by atoms with Crippen molar-refractivity contribution < 1.29 is 0 Å². The minimum atomic E-state index is 0.555. The molecular formula is C17H22N2S. The van der Waals surface area contributed by atoms with E-state index in [-0.39, 0.29) is 0 Å². The number of nitrogens with zero attached hydrogens (tertiary/aromatic N) is 1. The smallest absolute Gasteiger partial charge is 0.0940 e. The second-order valence-electron chi connectivity index (χ2n) is 5.57. The third-order valence-electron chi connectivity index (χ3n) is 4.30. The third-order valence-corrected chi connectivity index (χ3v) is 5.10. The zero-order chi connectivity index (χ0) is 13.8. The van der Waals surface area contributed by atoms with Crippen molar-refractivity contribution in [3.8, 4) is 0 Å². The van der Waals surface area contributed by atoms with Crippen LogP contribution in [0.15, 0.2) is 35.8 Å². The Morgan fingerprint density at radius 3 is 2.95 bits per heavy atom. The predicted octanol–water partition coefficient (Wildman–Crippen LogP) is 3.47. The van der Waals surface area contributed by atoms with Gasteiger partial charge in [-0.25, -0.2) is 4.98 Å². The minimum absolute atomic E-state index is 0.555. The SMILES string of the molecule is CCNC(Cc1nccs1)C1CCc2ccccc2C1. The van der Waals surface area contributed by atoms with E-state index >= 15 is 0 Å². The number of hydrogen-bond donors (Lipinski definition) is 1. The van der Waals surface area contributed by atoms with E-state index in [1.807, 2.05) is 6.20 Å². The second-order valence-corrected chi connectivity index (χ2v) is 6.54. The predicted molar refractivity (Wildman–Crippen MR) is 85.2 cm³/mol. The summed E-state index contributed by atoms with van der Waals surface area (Å²) in [7, 11) is 0. The summed E-state index contributed by atoms with van der Waals surface area (Å²) in [5.41, 5.74) is 3.10. The van der Waals surface area contributed by atoms with Gasteiger partial charge in [0.1, 0.15) is 0 Å². The van der Waals surface area contributed by atoms with Crippen LogP contribution in [0.25, 0.3) is 0 Å². The van der Waals surface area contributed by atoms with Crippen LogP contribution in [0.5, 0.6) is 0 Å². The molecule has 0 spiro atoms. The van der Waals surface area contributed by atoms with Crippen molar-refractivity contribution >= 4 is 11.3 Å². The van der Waals surface area contributed by atoms with E-state index < -0.39 is 0 Å². The molecule has 2 aromatic rings. The topological polar surface area (TPSA) is 24.9 Å². The monoisotopic (exact) mass is 286 g/mol. The lowest BCUT2D eigenvalue weighted by molar-refractivity contribution is 0.322. The van der Waals surface area contributed by atoms with Gasteiger partial charge in [-0.2, -0.15) is 0 Å². The number of fused-ring (bicyclic) bond motifs is 1. The van der Waals surface area contributed by atoms with Crippen LogP contribution in [0.3, 0.4) is 0 Å². The highest BCUT2D eigenvalue weighted by Gasteiger charge is 2.26. The van der Waals surface area contributed by atoms with Crippen LogP contribution in [0, 0.1) is 5.92 Å². The second kappa shape index (κ2) is 6.51. The molecule has 0 bridgehead atoms. The van der Waals surface area contributed by atoms with Gasteiger partial charge >= 0.3 is 0 Å². The lowest BCUT2D eigenvalue weighted by Crippen LogP contribution is -2.40. The first-order valence-electron chi connectivity index (χ1n) is 7.55. The van der Waals surface area contributed by atoms with Crippen LogP contribution in [-0.2, 0) is 19.3 Å². The molecule has 20 heavy (non-hydrogen) atoms. The molecule has 106 valence electrons. The number of aryl methyl sites for hydroxylation is 1. The average Bonchev–Trinajstić information content (AvgIpc) is 2.99. The normalized spacial score (nSPS) is 19.6. The first-order chi connectivity index (χ1) is 9.86. The van der Waals surface area contributed by atoms with Gasteiger partial charge in [0.05, 0.1) is 5.01 Å². The molecule has 1 N–H and O–H groups in total. The van der Waals surface area contributed by atoms with Gasteiger partial charge in [-0.05, 0) is 42.9 Å². The summed E-state index contributed by atoms with van der Waals surface area (Å²) in [6.45, 7) is 3.24. The van der Waals surface area contributed by atoms with Crippen molar-refractivity contribution in [2.45, 2.75) is 38.6 Å². The number of hydrogen-bond acceptors (Lipinski definition) is 3. The van der Waals surface area contributed by atoms with Crippen LogP contribution in [0.1, 0.15) is 29.5 Å². The Morgan fingerprint density at radius 2 is 2.20 bits per heavy atom. The van der Waals surface area contributed by atoms with E-state index in [0.29, 0.717) is 6.04 Å². The fourth-order valence-electron chi connectivity index (χ4n) is 3.28. The maximum Gasteiger partial charge on any atom is 0.0940 e. The molecule has 0 saturated heterocycles. The number of rotatable bonds is 5. The standard InChI is InChI=1S/C17H22N2S/c1-2-18-16(12-17-19-9-10-20-17)15-8-7-13-5-3-4-6-14(13)11-15/h3-6,9-10,15-16,18H,2,7-8,11-12H2,1H3. The quantitative estimate of drug-likeness (QED) is 0.910. The van der Waals surface area contributed by atoms with Crippen molar-refractivity contribution in [1.82, 2.24) is 10.3 Å². The zero-order valence-electron chi connectivity index (χ0n) is 12.0. The Bertz CT molecular complexity index is 536. The lowest BCUT2D eigenvalue weighted by atomic mass is 9.79. The van der Waals surface area contributed by atoms with E-state index in [0.717, 1.165) is 18.9 Å². The number of nitrogens with one attached hydrogen (secondary N) is 1. The molecule has 0 amide bonds. The molecule has 0 aliphatic heterocycles. The van der Waals surface area contributed by atoms with Crippen LogP contribution in [0.4, 0.5) is 0 Å². The largest absolute Gasteiger partial charge is 0.314 e. The Balaban J connectivity index is 1.72. The average molecular weight is 286 g/mol. The van der Waals surface area contributed by atoms with Crippen molar-refractivity contribution in [2.24, 2.45) is 5.92 Å². The summed E-state index contributed by atoms with van der Waals surface area (Å²) >= 11 is 1.78. The molecule has 1 aromatic carbocycles. The number of thiazole rings is 1. The van der Waals surface area contributed by atoms with Gasteiger partial charge in [-0.15, -0.1) is 11.3 Å². The summed E-state index contributed by atoms with van der Waals surface area (Å²) in [4.78, 5) is 4.46. The van der Waals surface area contributed by atoms with Gasteiger partial charge in [0.25, 0.3) is 0 Å². The van der Waals surface area contributed by atoms with Crippen molar-refractivity contribution in [2.75, 3.05) is 6.54 Å². The molecule has 0 fully saturated rings. The van der Waals surface area contributed by atoms with Crippen LogP contribution >= 0.6 is 11.3 Å². The molecule has 3 rings (SSSR count). The van der Waals surface area contributed by atoms with Crippen LogP contribution in [0.2, 0.25) is 0 Å². The van der Waals surface area contributed by atoms with Crippen molar-refractivity contribution in [1.29, 1.82) is 0 Å². The van der Waals surface area contributed by atoms with Crippen molar-refractivity contribution in [3.63, 3.8) is 0 Å². The van der Waals surface area contributed by atoms with Gasteiger partial charge < -0.3 is 5.32 Å². The summed E-state index contributed by atoms with van der Waals surface area (Å²) < 4.78 is 0. The first kappa shape index (κ1) is 13.8. The first-order valence-corrected chi connectivity index (χ1v) is 8.43. The number of benzene rings is 1. The molecule has 1 heterocycles. The van der Waals surface area contributed by atoms with E-state index in [1.165, 1.54) is 24.3 Å². The highest BCUT2D eigenvalue weighted by molar-refractivity contribution is 7.09. The maximum atomic E-state index is 4.46. The summed E-state index contributed by atoms with van der Waals surface area (Å²) in [6, 6.07) is 9.48. The van der Waals surface area contributed by atoms with Gasteiger partial charge in [-0.3, -0.25) is 0 Å². The highest BCUT2D eigenvalue weighted by atomic mass is 32.1.